The van der Waals surface area contributed by atoms with E-state index in [0.29, 0.717) is 0 Å². The van der Waals surface area contributed by atoms with E-state index in [9.17, 15) is 0 Å². The standard InChI is InChI=1S/C15H23N3/c1-2-4-13(16)8-10-18-9-3-5-12-11-14(17)6-7-15(12)18/h6-7,11,16H,2-5,8-10,17H2,1H3. The van der Waals surface area contributed by atoms with E-state index < -0.39 is 0 Å². The molecule has 0 spiro atoms. The number of rotatable bonds is 5. The lowest BCUT2D eigenvalue weighted by atomic mass is 10.0. The number of anilines is 2. The van der Waals surface area contributed by atoms with Gasteiger partial charge in [-0.3, -0.25) is 0 Å². The molecule has 1 aliphatic rings. The van der Waals surface area contributed by atoms with Crippen LogP contribution in [0, 0.1) is 5.41 Å². The lowest BCUT2D eigenvalue weighted by Crippen LogP contribution is -2.31. The SMILES string of the molecule is CCCC(=N)CCN1CCCc2cc(N)ccc21. The smallest absolute Gasteiger partial charge is 0.0400 e. The first-order chi connectivity index (χ1) is 8.70. The molecule has 0 atom stereocenters. The molecule has 1 heterocycles. The largest absolute Gasteiger partial charge is 0.399 e. The lowest BCUT2D eigenvalue weighted by molar-refractivity contribution is 0.694. The van der Waals surface area contributed by atoms with Gasteiger partial charge in [0.05, 0.1) is 0 Å². The quantitative estimate of drug-likeness (QED) is 0.618. The molecule has 3 N–H and O–H groups in total. The van der Waals surface area contributed by atoms with E-state index in [1.807, 2.05) is 6.07 Å². The lowest BCUT2D eigenvalue weighted by Gasteiger charge is -2.31. The number of hydrogen-bond acceptors (Lipinski definition) is 3. The van der Waals surface area contributed by atoms with Gasteiger partial charge in [0.2, 0.25) is 0 Å². The van der Waals surface area contributed by atoms with Crippen LogP contribution in [0.3, 0.4) is 0 Å². The average Bonchev–Trinajstić information content (AvgIpc) is 2.36. The van der Waals surface area contributed by atoms with Crippen molar-refractivity contribution in [3.63, 3.8) is 0 Å². The summed E-state index contributed by atoms with van der Waals surface area (Å²) in [5.74, 6) is 0. The van der Waals surface area contributed by atoms with Crippen LogP contribution in [0.15, 0.2) is 18.2 Å². The fourth-order valence-electron chi connectivity index (χ4n) is 2.62. The van der Waals surface area contributed by atoms with Crippen LogP contribution in [0.2, 0.25) is 0 Å². The van der Waals surface area contributed by atoms with Gasteiger partial charge in [0.15, 0.2) is 0 Å². The van der Waals surface area contributed by atoms with Gasteiger partial charge in [-0.2, -0.15) is 0 Å². The van der Waals surface area contributed by atoms with Crippen molar-refractivity contribution >= 4 is 17.1 Å². The third kappa shape index (κ3) is 3.03. The van der Waals surface area contributed by atoms with Crippen LogP contribution in [-0.4, -0.2) is 18.8 Å². The Balaban J connectivity index is 2.01. The van der Waals surface area contributed by atoms with Crippen molar-refractivity contribution in [2.24, 2.45) is 0 Å². The molecule has 2 rings (SSSR count). The summed E-state index contributed by atoms with van der Waals surface area (Å²) in [5, 5.41) is 7.88. The molecule has 0 saturated carbocycles. The molecule has 0 aromatic heterocycles. The van der Waals surface area contributed by atoms with Crippen molar-refractivity contribution in [2.45, 2.75) is 39.0 Å². The zero-order valence-corrected chi connectivity index (χ0v) is 11.2. The Kier molecular flexibility index (Phi) is 4.24. The van der Waals surface area contributed by atoms with Crippen LogP contribution in [0.25, 0.3) is 0 Å². The highest BCUT2D eigenvalue weighted by molar-refractivity contribution is 5.81. The molecule has 98 valence electrons. The minimum Gasteiger partial charge on any atom is -0.399 e. The minimum atomic E-state index is 0.856. The van der Waals surface area contributed by atoms with Crippen LogP contribution in [0.1, 0.15) is 38.2 Å². The topological polar surface area (TPSA) is 53.1 Å². The van der Waals surface area contributed by atoms with Crippen LogP contribution >= 0.6 is 0 Å². The van der Waals surface area contributed by atoms with Gasteiger partial charge < -0.3 is 16.0 Å². The average molecular weight is 245 g/mol. The van der Waals surface area contributed by atoms with Crippen LogP contribution in [0.4, 0.5) is 11.4 Å². The number of nitrogens with two attached hydrogens (primary N) is 1. The molecule has 3 heteroatoms. The Hall–Kier alpha value is -1.51. The predicted octanol–water partition coefficient (Wildman–Crippen LogP) is 3.23. The second kappa shape index (κ2) is 5.89. The minimum absolute atomic E-state index is 0.856. The van der Waals surface area contributed by atoms with Crippen LogP contribution < -0.4 is 10.6 Å². The molecule has 1 aromatic carbocycles. The second-order valence-corrected chi connectivity index (χ2v) is 5.08. The van der Waals surface area contributed by atoms with Gasteiger partial charge in [-0.1, -0.05) is 13.3 Å². The van der Waals surface area contributed by atoms with E-state index in [1.54, 1.807) is 0 Å². The Labute approximate surface area is 109 Å². The Morgan fingerprint density at radius 1 is 1.39 bits per heavy atom. The summed E-state index contributed by atoms with van der Waals surface area (Å²) in [5.41, 5.74) is 10.3. The number of fused-ring (bicyclic) bond motifs is 1. The molecule has 0 aliphatic carbocycles. The molecule has 1 aromatic rings. The molecule has 0 unspecified atom stereocenters. The Morgan fingerprint density at radius 3 is 3.00 bits per heavy atom. The molecule has 3 nitrogen and oxygen atoms in total. The Bertz CT molecular complexity index is 426. The highest BCUT2D eigenvalue weighted by atomic mass is 15.1. The molecule has 18 heavy (non-hydrogen) atoms. The van der Waals surface area contributed by atoms with Crippen molar-refractivity contribution in [1.82, 2.24) is 0 Å². The fraction of sp³-hybridized carbons (Fsp3) is 0.533. The number of nitrogens with zero attached hydrogens (tertiary/aromatic N) is 1. The number of hydrogen-bond donors (Lipinski definition) is 2. The molecular formula is C15H23N3. The third-order valence-electron chi connectivity index (χ3n) is 3.55. The maximum absolute atomic E-state index is 7.88. The van der Waals surface area contributed by atoms with E-state index in [4.69, 9.17) is 11.1 Å². The monoisotopic (exact) mass is 245 g/mol. The van der Waals surface area contributed by atoms with Crippen molar-refractivity contribution < 1.29 is 0 Å². The molecule has 1 aliphatic heterocycles. The van der Waals surface area contributed by atoms with Crippen molar-refractivity contribution in [3.8, 4) is 0 Å². The van der Waals surface area contributed by atoms with E-state index in [1.165, 1.54) is 17.7 Å². The van der Waals surface area contributed by atoms with Gasteiger partial charge >= 0.3 is 0 Å². The fourth-order valence-corrected chi connectivity index (χ4v) is 2.62. The molecule has 0 amide bonds. The van der Waals surface area contributed by atoms with Gasteiger partial charge in [0.25, 0.3) is 0 Å². The van der Waals surface area contributed by atoms with Crippen molar-refractivity contribution in [3.05, 3.63) is 23.8 Å². The van der Waals surface area contributed by atoms with E-state index in [2.05, 4.69) is 24.0 Å². The van der Waals surface area contributed by atoms with Crippen molar-refractivity contribution in [1.29, 1.82) is 5.41 Å². The van der Waals surface area contributed by atoms with E-state index >= 15 is 0 Å². The van der Waals surface area contributed by atoms with Gasteiger partial charge in [0, 0.05) is 36.6 Å². The molecule has 0 fully saturated rings. The maximum Gasteiger partial charge on any atom is 0.0400 e. The van der Waals surface area contributed by atoms with E-state index in [0.717, 1.165) is 50.2 Å². The Morgan fingerprint density at radius 2 is 2.22 bits per heavy atom. The third-order valence-corrected chi connectivity index (χ3v) is 3.55. The van der Waals surface area contributed by atoms with Gasteiger partial charge in [-0.25, -0.2) is 0 Å². The molecule has 0 radical (unpaired) electrons. The van der Waals surface area contributed by atoms with Crippen LogP contribution in [0.5, 0.6) is 0 Å². The number of nitrogens with one attached hydrogen (secondary N) is 1. The maximum atomic E-state index is 7.88. The summed E-state index contributed by atoms with van der Waals surface area (Å²) >= 11 is 0. The number of benzene rings is 1. The summed E-state index contributed by atoms with van der Waals surface area (Å²) in [4.78, 5) is 2.41. The summed E-state index contributed by atoms with van der Waals surface area (Å²) in [6.45, 7) is 4.21. The van der Waals surface area contributed by atoms with Gasteiger partial charge in [-0.15, -0.1) is 0 Å². The summed E-state index contributed by atoms with van der Waals surface area (Å²) in [6, 6.07) is 6.21. The zero-order chi connectivity index (χ0) is 13.0. The van der Waals surface area contributed by atoms with Crippen molar-refractivity contribution in [2.75, 3.05) is 23.7 Å². The highest BCUT2D eigenvalue weighted by Gasteiger charge is 2.16. The van der Waals surface area contributed by atoms with Gasteiger partial charge in [-0.05, 0) is 43.0 Å². The predicted molar refractivity (Wildman–Crippen MR) is 78.6 cm³/mol. The number of nitrogen functional groups attached to an aromatic ring is 1. The van der Waals surface area contributed by atoms with Crippen LogP contribution in [-0.2, 0) is 6.42 Å². The summed E-state index contributed by atoms with van der Waals surface area (Å²) < 4.78 is 0. The number of aryl methyl sites for hydroxylation is 1. The highest BCUT2D eigenvalue weighted by Crippen LogP contribution is 2.28. The van der Waals surface area contributed by atoms with E-state index in [-0.39, 0.29) is 0 Å². The molecule has 0 saturated heterocycles. The summed E-state index contributed by atoms with van der Waals surface area (Å²) in [7, 11) is 0. The normalized spacial score (nSPS) is 14.4. The second-order valence-electron chi connectivity index (χ2n) is 5.08. The molecule has 0 bridgehead atoms. The first kappa shape index (κ1) is 12.9. The zero-order valence-electron chi connectivity index (χ0n) is 11.2. The molecular weight excluding hydrogens is 222 g/mol. The summed E-state index contributed by atoms with van der Waals surface area (Å²) in [6.07, 6.45) is 5.22. The first-order valence-electron chi connectivity index (χ1n) is 6.90. The first-order valence-corrected chi connectivity index (χ1v) is 6.90. The van der Waals surface area contributed by atoms with Gasteiger partial charge in [0.1, 0.15) is 0 Å².